The summed E-state index contributed by atoms with van der Waals surface area (Å²) in [5, 5.41) is 9.76. The van der Waals surface area contributed by atoms with Crippen molar-refractivity contribution in [1.29, 1.82) is 0 Å². The van der Waals surface area contributed by atoms with Gasteiger partial charge in [0, 0.05) is 19.3 Å². The minimum atomic E-state index is -2.10. The molecule has 0 amide bonds. The molecule has 0 aliphatic rings. The number of benzene rings is 1. The van der Waals surface area contributed by atoms with E-state index in [1.165, 1.54) is 5.56 Å². The molecule has 31 heavy (non-hydrogen) atoms. The standard InChI is InChI=1S/C28H44O2Si/c1-9-11-13-15-21-28(22-16-14-12-10-2,30-31(7,8)27(4,5)6)23-24(3)25-17-19-26(29)20-18-25/h17-20,24,29H,9-14,23H2,1-8H3. The lowest BCUT2D eigenvalue weighted by atomic mass is 9.87. The van der Waals surface area contributed by atoms with Gasteiger partial charge in [0.15, 0.2) is 13.9 Å². The zero-order chi connectivity index (χ0) is 23.5. The number of aromatic hydroxyl groups is 1. The van der Waals surface area contributed by atoms with Gasteiger partial charge >= 0.3 is 0 Å². The second-order valence-corrected chi connectivity index (χ2v) is 14.9. The number of phenolic OH excluding ortho intramolecular Hbond substituents is 1. The van der Waals surface area contributed by atoms with E-state index >= 15 is 0 Å². The van der Waals surface area contributed by atoms with Gasteiger partial charge < -0.3 is 9.53 Å². The van der Waals surface area contributed by atoms with Crippen molar-refractivity contribution in [3.8, 4) is 29.4 Å². The van der Waals surface area contributed by atoms with E-state index < -0.39 is 13.9 Å². The third kappa shape index (κ3) is 9.14. The summed E-state index contributed by atoms with van der Waals surface area (Å²) in [6, 6.07) is 7.49. The molecule has 2 nitrogen and oxygen atoms in total. The molecular weight excluding hydrogens is 396 g/mol. The van der Waals surface area contributed by atoms with Crippen molar-refractivity contribution in [2.24, 2.45) is 0 Å². The number of unbranched alkanes of at least 4 members (excludes halogenated alkanes) is 4. The number of hydrogen-bond donors (Lipinski definition) is 1. The maximum atomic E-state index is 9.68. The lowest BCUT2D eigenvalue weighted by Gasteiger charge is -2.42. The molecule has 172 valence electrons. The maximum Gasteiger partial charge on any atom is 0.195 e. The molecule has 0 aromatic heterocycles. The fourth-order valence-electron chi connectivity index (χ4n) is 3.11. The molecule has 0 fully saturated rings. The molecule has 0 spiro atoms. The van der Waals surface area contributed by atoms with Crippen LogP contribution in [0.1, 0.15) is 98.0 Å². The van der Waals surface area contributed by atoms with Crippen molar-refractivity contribution in [3.63, 3.8) is 0 Å². The second kappa shape index (κ2) is 12.4. The normalized spacial score (nSPS) is 13.0. The van der Waals surface area contributed by atoms with Crippen LogP contribution in [0.25, 0.3) is 0 Å². The summed E-state index contributed by atoms with van der Waals surface area (Å²) in [5.74, 6) is 14.4. The van der Waals surface area contributed by atoms with Gasteiger partial charge in [0.1, 0.15) is 5.75 Å². The van der Waals surface area contributed by atoms with E-state index in [1.807, 2.05) is 12.1 Å². The van der Waals surface area contributed by atoms with Crippen LogP contribution >= 0.6 is 0 Å². The fraction of sp³-hybridized carbons (Fsp3) is 0.643. The number of rotatable bonds is 9. The molecular formula is C28H44O2Si. The van der Waals surface area contributed by atoms with Crippen LogP contribution in [0.15, 0.2) is 24.3 Å². The molecule has 0 aliphatic carbocycles. The first kappa shape index (κ1) is 27.4. The summed E-state index contributed by atoms with van der Waals surface area (Å²) >= 11 is 0. The van der Waals surface area contributed by atoms with E-state index in [2.05, 4.69) is 78.3 Å². The Kier molecular flexibility index (Phi) is 10.9. The summed E-state index contributed by atoms with van der Waals surface area (Å²) in [7, 11) is -2.10. The average Bonchev–Trinajstić information content (AvgIpc) is 2.68. The van der Waals surface area contributed by atoms with Crippen molar-refractivity contribution in [3.05, 3.63) is 29.8 Å². The molecule has 0 heterocycles. The van der Waals surface area contributed by atoms with E-state index in [9.17, 15) is 5.11 Å². The lowest BCUT2D eigenvalue weighted by molar-refractivity contribution is 0.152. The van der Waals surface area contributed by atoms with Crippen molar-refractivity contribution in [2.45, 2.75) is 116 Å². The summed E-state index contributed by atoms with van der Waals surface area (Å²) in [6.07, 6.45) is 6.95. The van der Waals surface area contributed by atoms with Gasteiger partial charge in [0.25, 0.3) is 0 Å². The highest BCUT2D eigenvalue weighted by Gasteiger charge is 2.44. The molecule has 0 saturated carbocycles. The molecule has 1 aromatic rings. The predicted molar refractivity (Wildman–Crippen MR) is 137 cm³/mol. The van der Waals surface area contributed by atoms with E-state index in [4.69, 9.17) is 4.43 Å². The van der Waals surface area contributed by atoms with Crippen LogP contribution in [0.3, 0.4) is 0 Å². The van der Waals surface area contributed by atoms with Gasteiger partial charge in [-0.15, -0.1) is 0 Å². The zero-order valence-corrected chi connectivity index (χ0v) is 22.2. The first-order chi connectivity index (χ1) is 14.5. The second-order valence-electron chi connectivity index (χ2n) is 10.2. The minimum absolute atomic E-state index is 0.0796. The first-order valence-corrected chi connectivity index (χ1v) is 14.9. The number of phenols is 1. The summed E-state index contributed by atoms with van der Waals surface area (Å²) in [4.78, 5) is 0. The van der Waals surface area contributed by atoms with Crippen LogP contribution < -0.4 is 0 Å². The summed E-state index contributed by atoms with van der Waals surface area (Å²) in [5.41, 5.74) is 0.411. The van der Waals surface area contributed by atoms with Crippen molar-refractivity contribution >= 4 is 8.32 Å². The zero-order valence-electron chi connectivity index (χ0n) is 21.2. The maximum absolute atomic E-state index is 9.68. The van der Waals surface area contributed by atoms with E-state index in [-0.39, 0.29) is 11.0 Å². The highest BCUT2D eigenvalue weighted by atomic mass is 28.4. The smallest absolute Gasteiger partial charge is 0.195 e. The van der Waals surface area contributed by atoms with Crippen molar-refractivity contribution in [1.82, 2.24) is 0 Å². The van der Waals surface area contributed by atoms with Crippen LogP contribution in [-0.4, -0.2) is 19.0 Å². The lowest BCUT2D eigenvalue weighted by Crippen LogP contribution is -2.49. The molecule has 1 atom stereocenters. The van der Waals surface area contributed by atoms with Crippen molar-refractivity contribution < 1.29 is 9.53 Å². The summed E-state index contributed by atoms with van der Waals surface area (Å²) in [6.45, 7) is 18.0. The Morgan fingerprint density at radius 3 is 1.84 bits per heavy atom. The molecule has 3 heteroatoms. The van der Waals surface area contributed by atoms with Gasteiger partial charge in [0.2, 0.25) is 0 Å². The van der Waals surface area contributed by atoms with Crippen LogP contribution in [0, 0.1) is 23.7 Å². The van der Waals surface area contributed by atoms with E-state index in [1.54, 1.807) is 12.1 Å². The number of hydrogen-bond acceptors (Lipinski definition) is 2. The van der Waals surface area contributed by atoms with Crippen LogP contribution in [0.2, 0.25) is 18.1 Å². The molecule has 1 rings (SSSR count). The molecule has 0 saturated heterocycles. The summed E-state index contributed by atoms with van der Waals surface area (Å²) < 4.78 is 7.01. The van der Waals surface area contributed by atoms with Gasteiger partial charge in [-0.1, -0.05) is 90.2 Å². The van der Waals surface area contributed by atoms with Gasteiger partial charge in [-0.25, -0.2) is 0 Å². The van der Waals surface area contributed by atoms with Gasteiger partial charge in [-0.2, -0.15) is 0 Å². The monoisotopic (exact) mass is 440 g/mol. The Hall–Kier alpha value is -1.68. The van der Waals surface area contributed by atoms with E-state index in [0.717, 1.165) is 44.9 Å². The Labute approximate surface area is 193 Å². The van der Waals surface area contributed by atoms with Crippen LogP contribution in [0.4, 0.5) is 0 Å². The highest BCUT2D eigenvalue weighted by Crippen LogP contribution is 2.41. The largest absolute Gasteiger partial charge is 0.508 e. The fourth-order valence-corrected chi connectivity index (χ4v) is 4.47. The molecule has 0 aliphatic heterocycles. The average molecular weight is 441 g/mol. The van der Waals surface area contributed by atoms with Crippen LogP contribution in [0.5, 0.6) is 5.75 Å². The van der Waals surface area contributed by atoms with E-state index in [0.29, 0.717) is 5.75 Å². The van der Waals surface area contributed by atoms with Gasteiger partial charge in [-0.3, -0.25) is 0 Å². The van der Waals surface area contributed by atoms with Crippen molar-refractivity contribution in [2.75, 3.05) is 0 Å². The Balaban J connectivity index is 3.40. The predicted octanol–water partition coefficient (Wildman–Crippen LogP) is 8.03. The highest BCUT2D eigenvalue weighted by molar-refractivity contribution is 6.74. The molecule has 1 aromatic carbocycles. The molecule has 1 unspecified atom stereocenters. The van der Waals surface area contributed by atoms with Gasteiger partial charge in [0.05, 0.1) is 0 Å². The Bertz CT molecular complexity index is 753. The third-order valence-corrected chi connectivity index (χ3v) is 10.7. The van der Waals surface area contributed by atoms with Gasteiger partial charge in [-0.05, 0) is 54.6 Å². The molecule has 1 N–H and O–H groups in total. The topological polar surface area (TPSA) is 29.5 Å². The third-order valence-electron chi connectivity index (χ3n) is 6.18. The molecule has 0 bridgehead atoms. The Morgan fingerprint density at radius 1 is 0.935 bits per heavy atom. The Morgan fingerprint density at radius 2 is 1.42 bits per heavy atom. The van der Waals surface area contributed by atoms with Crippen LogP contribution in [-0.2, 0) is 4.43 Å². The quantitative estimate of drug-likeness (QED) is 0.239. The minimum Gasteiger partial charge on any atom is -0.508 e. The molecule has 0 radical (unpaired) electrons. The SMILES string of the molecule is CCCCC#CC(C#CCCCC)(CC(C)c1ccc(O)cc1)O[Si](C)(C)C(C)(C)C. The first-order valence-electron chi connectivity index (χ1n) is 12.0.